The van der Waals surface area contributed by atoms with Gasteiger partial charge in [-0.05, 0) is 57.5 Å². The minimum atomic E-state index is -0.571. The van der Waals surface area contributed by atoms with Crippen molar-refractivity contribution in [3.8, 4) is 5.69 Å². The van der Waals surface area contributed by atoms with Crippen LogP contribution in [0.15, 0.2) is 24.3 Å². The number of ketones is 1. The Balaban J connectivity index is 2.61. The number of aromatic nitrogens is 1. The average molecular weight is 294 g/mol. The van der Waals surface area contributed by atoms with Gasteiger partial charge in [0.05, 0.1) is 5.38 Å². The van der Waals surface area contributed by atoms with Crippen LogP contribution in [0.4, 0.5) is 4.39 Å². The average Bonchev–Trinajstić information content (AvgIpc) is 2.62. The van der Waals surface area contributed by atoms with Gasteiger partial charge in [0.2, 0.25) is 0 Å². The lowest BCUT2D eigenvalue weighted by atomic mass is 10.1. The molecule has 0 saturated heterocycles. The summed E-state index contributed by atoms with van der Waals surface area (Å²) in [5, 5.41) is -0.571. The number of benzene rings is 1. The molecule has 1 aromatic heterocycles. The maximum absolute atomic E-state index is 13.6. The monoisotopic (exact) mass is 293 g/mol. The number of alkyl halides is 1. The molecule has 0 aliphatic carbocycles. The number of hydrogen-bond acceptors (Lipinski definition) is 1. The maximum atomic E-state index is 13.6. The van der Waals surface area contributed by atoms with Gasteiger partial charge < -0.3 is 4.57 Å². The van der Waals surface area contributed by atoms with E-state index in [0.717, 1.165) is 22.6 Å². The topological polar surface area (TPSA) is 22.0 Å². The van der Waals surface area contributed by atoms with Gasteiger partial charge in [0, 0.05) is 22.6 Å². The zero-order chi connectivity index (χ0) is 15.0. The van der Waals surface area contributed by atoms with E-state index in [9.17, 15) is 9.18 Å². The van der Waals surface area contributed by atoms with Crippen molar-refractivity contribution in [2.24, 2.45) is 0 Å². The SMILES string of the molecule is Cc1cc(F)cc(-n2c(C)cc(C(=O)C(C)Cl)c2C)c1. The van der Waals surface area contributed by atoms with E-state index in [4.69, 9.17) is 11.6 Å². The molecule has 0 radical (unpaired) electrons. The van der Waals surface area contributed by atoms with Crippen LogP contribution in [0.25, 0.3) is 5.69 Å². The maximum Gasteiger partial charge on any atom is 0.182 e. The molecule has 0 N–H and O–H groups in total. The summed E-state index contributed by atoms with van der Waals surface area (Å²) in [6, 6.07) is 6.63. The fourth-order valence-electron chi connectivity index (χ4n) is 2.47. The zero-order valence-corrected chi connectivity index (χ0v) is 12.8. The van der Waals surface area contributed by atoms with Crippen LogP contribution in [0.1, 0.15) is 34.2 Å². The Hall–Kier alpha value is -1.61. The fourth-order valence-corrected chi connectivity index (χ4v) is 2.59. The minimum absolute atomic E-state index is 0.112. The third-order valence-electron chi connectivity index (χ3n) is 3.34. The Bertz CT molecular complexity index is 653. The smallest absolute Gasteiger partial charge is 0.182 e. The van der Waals surface area contributed by atoms with E-state index in [1.165, 1.54) is 12.1 Å². The molecule has 0 saturated carbocycles. The molecule has 2 nitrogen and oxygen atoms in total. The van der Waals surface area contributed by atoms with Crippen molar-refractivity contribution in [1.29, 1.82) is 0 Å². The molecule has 4 heteroatoms. The summed E-state index contributed by atoms with van der Waals surface area (Å²) in [6.07, 6.45) is 0. The summed E-state index contributed by atoms with van der Waals surface area (Å²) in [5.74, 6) is -0.398. The fraction of sp³-hybridized carbons (Fsp3) is 0.312. The van der Waals surface area contributed by atoms with Crippen LogP contribution in [0.3, 0.4) is 0 Å². The zero-order valence-electron chi connectivity index (χ0n) is 12.0. The number of carbonyl (C=O) groups excluding carboxylic acids is 1. The second-order valence-electron chi connectivity index (χ2n) is 5.09. The third kappa shape index (κ3) is 2.63. The largest absolute Gasteiger partial charge is 0.318 e. The number of halogens is 2. The van der Waals surface area contributed by atoms with Gasteiger partial charge in [0.25, 0.3) is 0 Å². The Morgan fingerprint density at radius 3 is 2.40 bits per heavy atom. The number of aryl methyl sites for hydroxylation is 2. The van der Waals surface area contributed by atoms with Gasteiger partial charge in [-0.1, -0.05) is 0 Å². The standard InChI is InChI=1S/C16H17ClFNO/c1-9-5-13(18)8-14(6-9)19-10(2)7-15(12(19)4)16(20)11(3)17/h5-8,11H,1-4H3. The third-order valence-corrected chi connectivity index (χ3v) is 3.54. The first-order valence-corrected chi connectivity index (χ1v) is 6.89. The van der Waals surface area contributed by atoms with E-state index in [-0.39, 0.29) is 11.6 Å². The van der Waals surface area contributed by atoms with Crippen LogP contribution < -0.4 is 0 Å². The van der Waals surface area contributed by atoms with E-state index in [1.54, 1.807) is 13.0 Å². The van der Waals surface area contributed by atoms with Crippen molar-refractivity contribution in [2.75, 3.05) is 0 Å². The van der Waals surface area contributed by atoms with Gasteiger partial charge in [-0.25, -0.2) is 4.39 Å². The van der Waals surface area contributed by atoms with Crippen molar-refractivity contribution >= 4 is 17.4 Å². The molecule has 0 bridgehead atoms. The summed E-state index contributed by atoms with van der Waals surface area (Å²) in [6.45, 7) is 7.23. The molecule has 0 aliphatic heterocycles. The van der Waals surface area contributed by atoms with Gasteiger partial charge >= 0.3 is 0 Å². The van der Waals surface area contributed by atoms with E-state index in [1.807, 2.05) is 31.4 Å². The highest BCUT2D eigenvalue weighted by Crippen LogP contribution is 2.24. The van der Waals surface area contributed by atoms with Crippen molar-refractivity contribution in [3.05, 3.63) is 52.6 Å². The summed E-state index contributed by atoms with van der Waals surface area (Å²) in [7, 11) is 0. The Morgan fingerprint density at radius 1 is 1.20 bits per heavy atom. The van der Waals surface area contributed by atoms with Crippen molar-refractivity contribution in [3.63, 3.8) is 0 Å². The molecule has 1 unspecified atom stereocenters. The Kier molecular flexibility index (Phi) is 4.00. The summed E-state index contributed by atoms with van der Waals surface area (Å²) >= 11 is 5.87. The van der Waals surface area contributed by atoms with E-state index in [0.29, 0.717) is 5.56 Å². The molecule has 20 heavy (non-hydrogen) atoms. The summed E-state index contributed by atoms with van der Waals surface area (Å²) in [5.41, 5.74) is 3.81. The normalized spacial score (nSPS) is 12.5. The molecule has 0 spiro atoms. The number of carbonyl (C=O) groups is 1. The molecule has 1 atom stereocenters. The highest BCUT2D eigenvalue weighted by Gasteiger charge is 2.20. The van der Waals surface area contributed by atoms with Crippen molar-refractivity contribution in [2.45, 2.75) is 33.1 Å². The number of hydrogen-bond donors (Lipinski definition) is 0. The quantitative estimate of drug-likeness (QED) is 0.609. The lowest BCUT2D eigenvalue weighted by molar-refractivity contribution is 0.0991. The lowest BCUT2D eigenvalue weighted by Gasteiger charge is -2.11. The molecule has 2 aromatic rings. The number of rotatable bonds is 3. The Morgan fingerprint density at radius 2 is 1.85 bits per heavy atom. The van der Waals surface area contributed by atoms with Gasteiger partial charge in [-0.2, -0.15) is 0 Å². The van der Waals surface area contributed by atoms with Crippen LogP contribution in [-0.4, -0.2) is 15.7 Å². The molecular formula is C16H17ClFNO. The molecule has 1 heterocycles. The van der Waals surface area contributed by atoms with Crippen LogP contribution in [0, 0.1) is 26.6 Å². The predicted octanol–water partition coefficient (Wildman–Crippen LogP) is 4.35. The van der Waals surface area contributed by atoms with E-state index >= 15 is 0 Å². The molecule has 0 aliphatic rings. The van der Waals surface area contributed by atoms with E-state index < -0.39 is 5.38 Å². The summed E-state index contributed by atoms with van der Waals surface area (Å²) < 4.78 is 15.4. The first-order chi connectivity index (χ1) is 9.31. The molecule has 1 aromatic carbocycles. The van der Waals surface area contributed by atoms with Crippen molar-refractivity contribution < 1.29 is 9.18 Å². The second kappa shape index (κ2) is 5.41. The Labute approximate surface area is 123 Å². The van der Waals surface area contributed by atoms with Gasteiger partial charge in [0.15, 0.2) is 5.78 Å². The van der Waals surface area contributed by atoms with E-state index in [2.05, 4.69) is 0 Å². The van der Waals surface area contributed by atoms with Crippen LogP contribution >= 0.6 is 11.6 Å². The van der Waals surface area contributed by atoms with Gasteiger partial charge in [0.1, 0.15) is 5.82 Å². The number of nitrogens with zero attached hydrogens (tertiary/aromatic N) is 1. The van der Waals surface area contributed by atoms with Crippen LogP contribution in [0.5, 0.6) is 0 Å². The highest BCUT2D eigenvalue weighted by molar-refractivity contribution is 6.33. The van der Waals surface area contributed by atoms with Crippen LogP contribution in [-0.2, 0) is 0 Å². The minimum Gasteiger partial charge on any atom is -0.318 e. The molecule has 106 valence electrons. The summed E-state index contributed by atoms with van der Waals surface area (Å²) in [4.78, 5) is 12.1. The predicted molar refractivity (Wildman–Crippen MR) is 79.6 cm³/mol. The molecular weight excluding hydrogens is 277 g/mol. The first-order valence-electron chi connectivity index (χ1n) is 6.46. The number of Topliss-reactive ketones (excluding diaryl/α,β-unsaturated/α-hetero) is 1. The second-order valence-corrected chi connectivity index (χ2v) is 5.74. The lowest BCUT2D eigenvalue weighted by Crippen LogP contribution is -2.11. The molecule has 2 rings (SSSR count). The molecule has 0 fully saturated rings. The highest BCUT2D eigenvalue weighted by atomic mass is 35.5. The van der Waals surface area contributed by atoms with Crippen LogP contribution in [0.2, 0.25) is 0 Å². The first kappa shape index (κ1) is 14.8. The molecule has 0 amide bonds. The van der Waals surface area contributed by atoms with Gasteiger partial charge in [-0.15, -0.1) is 11.6 Å². The van der Waals surface area contributed by atoms with Crippen molar-refractivity contribution in [1.82, 2.24) is 4.57 Å². The van der Waals surface area contributed by atoms with Gasteiger partial charge in [-0.3, -0.25) is 4.79 Å².